The molecule has 0 saturated heterocycles. The number of carbonyl (C=O) groups excluding carboxylic acids is 1. The van der Waals surface area contributed by atoms with Gasteiger partial charge in [-0.15, -0.1) is 0 Å². The van der Waals surface area contributed by atoms with Crippen molar-refractivity contribution in [3.8, 4) is 0 Å². The van der Waals surface area contributed by atoms with Crippen LogP contribution in [-0.4, -0.2) is 63.4 Å². The van der Waals surface area contributed by atoms with Crippen molar-refractivity contribution in [1.82, 2.24) is 10.2 Å². The van der Waals surface area contributed by atoms with Crippen LogP contribution in [0.25, 0.3) is 0 Å². The van der Waals surface area contributed by atoms with Gasteiger partial charge in [-0.25, -0.2) is 0 Å². The van der Waals surface area contributed by atoms with Gasteiger partial charge < -0.3 is 19.7 Å². The molecule has 0 aromatic rings. The van der Waals surface area contributed by atoms with E-state index in [9.17, 15) is 4.79 Å². The van der Waals surface area contributed by atoms with Crippen LogP contribution in [0.1, 0.15) is 27.2 Å². The molecule has 0 aliphatic rings. The average molecular weight is 260 g/mol. The largest absolute Gasteiger partial charge is 0.468 e. The topological polar surface area (TPSA) is 50.8 Å². The molecule has 0 saturated carbocycles. The molecule has 0 aliphatic carbocycles. The molecule has 0 spiro atoms. The van der Waals surface area contributed by atoms with Gasteiger partial charge in [0.05, 0.1) is 13.7 Å². The molecule has 0 heterocycles. The van der Waals surface area contributed by atoms with E-state index in [2.05, 4.69) is 17.1 Å². The van der Waals surface area contributed by atoms with Crippen LogP contribution < -0.4 is 5.32 Å². The summed E-state index contributed by atoms with van der Waals surface area (Å²) >= 11 is 0. The van der Waals surface area contributed by atoms with Crippen molar-refractivity contribution < 1.29 is 14.3 Å². The summed E-state index contributed by atoms with van der Waals surface area (Å²) in [4.78, 5) is 13.9. The van der Waals surface area contributed by atoms with Crippen molar-refractivity contribution in [3.63, 3.8) is 0 Å². The third kappa shape index (κ3) is 6.33. The van der Waals surface area contributed by atoms with Crippen molar-refractivity contribution in [2.75, 3.05) is 47.0 Å². The van der Waals surface area contributed by atoms with Crippen LogP contribution in [0.2, 0.25) is 0 Å². The number of nitrogens with one attached hydrogen (secondary N) is 1. The number of hydrogen-bond donors (Lipinski definition) is 1. The Morgan fingerprint density at radius 3 is 2.56 bits per heavy atom. The molecular weight excluding hydrogens is 232 g/mol. The van der Waals surface area contributed by atoms with Crippen LogP contribution in [0.4, 0.5) is 0 Å². The number of likely N-dealkylation sites (N-methyl/N-ethyl adjacent to an activating group) is 1. The van der Waals surface area contributed by atoms with Crippen molar-refractivity contribution in [1.29, 1.82) is 0 Å². The summed E-state index contributed by atoms with van der Waals surface area (Å²) in [7, 11) is 3.40. The molecule has 5 nitrogen and oxygen atoms in total. The molecule has 1 atom stereocenters. The molecule has 18 heavy (non-hydrogen) atoms. The third-order valence-electron chi connectivity index (χ3n) is 2.81. The quantitative estimate of drug-likeness (QED) is 0.467. The maximum absolute atomic E-state index is 11.9. The Bertz CT molecular complexity index is 236. The summed E-state index contributed by atoms with van der Waals surface area (Å²) in [5.41, 5.74) is -0.661. The predicted molar refractivity (Wildman–Crippen MR) is 72.7 cm³/mol. The lowest BCUT2D eigenvalue weighted by Crippen LogP contribution is -2.57. The second kappa shape index (κ2) is 9.30. The minimum Gasteiger partial charge on any atom is -0.468 e. The standard InChI is InChI=1S/C13H28N2O3/c1-6-8-14-13(3,12(16)17-5)11-15(4)9-10-18-7-2/h14H,6-11H2,1-5H3. The van der Waals surface area contributed by atoms with Crippen LogP contribution >= 0.6 is 0 Å². The number of hydrogen-bond acceptors (Lipinski definition) is 5. The van der Waals surface area contributed by atoms with Gasteiger partial charge in [0, 0.05) is 19.7 Å². The molecule has 0 aromatic carbocycles. The number of ether oxygens (including phenoxy) is 2. The number of methoxy groups -OCH3 is 1. The lowest BCUT2D eigenvalue weighted by Gasteiger charge is -2.32. The van der Waals surface area contributed by atoms with E-state index < -0.39 is 5.54 Å². The molecule has 1 N–H and O–H groups in total. The van der Waals surface area contributed by atoms with Gasteiger partial charge in [-0.05, 0) is 33.9 Å². The Labute approximate surface area is 111 Å². The van der Waals surface area contributed by atoms with Crippen molar-refractivity contribution in [2.45, 2.75) is 32.7 Å². The lowest BCUT2D eigenvalue weighted by molar-refractivity contribution is -0.148. The maximum Gasteiger partial charge on any atom is 0.327 e. The van der Waals surface area contributed by atoms with E-state index in [0.717, 1.165) is 26.1 Å². The predicted octanol–water partition coefficient (Wildman–Crippen LogP) is 0.886. The first-order chi connectivity index (χ1) is 8.50. The van der Waals surface area contributed by atoms with Gasteiger partial charge in [0.25, 0.3) is 0 Å². The summed E-state index contributed by atoms with van der Waals surface area (Å²) in [5.74, 6) is -0.223. The molecule has 0 bridgehead atoms. The molecule has 0 aromatic heterocycles. The molecule has 5 heteroatoms. The Balaban J connectivity index is 4.34. The number of esters is 1. The highest BCUT2D eigenvalue weighted by Gasteiger charge is 2.34. The van der Waals surface area contributed by atoms with Crippen molar-refractivity contribution in [3.05, 3.63) is 0 Å². The fraction of sp³-hybridized carbons (Fsp3) is 0.923. The Kier molecular flexibility index (Phi) is 8.97. The fourth-order valence-corrected chi connectivity index (χ4v) is 1.80. The summed E-state index contributed by atoms with van der Waals surface area (Å²) in [6, 6.07) is 0. The average Bonchev–Trinajstić information content (AvgIpc) is 2.35. The van der Waals surface area contributed by atoms with Gasteiger partial charge in [-0.2, -0.15) is 0 Å². The molecule has 0 fully saturated rings. The maximum atomic E-state index is 11.9. The van der Waals surface area contributed by atoms with Crippen LogP contribution in [0.15, 0.2) is 0 Å². The van der Waals surface area contributed by atoms with Gasteiger partial charge in [-0.1, -0.05) is 6.92 Å². The first-order valence-electron chi connectivity index (χ1n) is 6.59. The zero-order valence-corrected chi connectivity index (χ0v) is 12.4. The van der Waals surface area contributed by atoms with Gasteiger partial charge in [0.2, 0.25) is 0 Å². The van der Waals surface area contributed by atoms with Crippen LogP contribution in [0.3, 0.4) is 0 Å². The zero-order chi connectivity index (χ0) is 14.0. The highest BCUT2D eigenvalue weighted by molar-refractivity contribution is 5.80. The first-order valence-corrected chi connectivity index (χ1v) is 6.59. The van der Waals surface area contributed by atoms with E-state index >= 15 is 0 Å². The molecule has 0 radical (unpaired) electrons. The van der Waals surface area contributed by atoms with E-state index in [1.165, 1.54) is 7.11 Å². The summed E-state index contributed by atoms with van der Waals surface area (Å²) in [6.45, 7) is 9.52. The van der Waals surface area contributed by atoms with E-state index in [4.69, 9.17) is 9.47 Å². The zero-order valence-electron chi connectivity index (χ0n) is 12.4. The minimum absolute atomic E-state index is 0.223. The molecule has 0 amide bonds. The lowest BCUT2D eigenvalue weighted by atomic mass is 10.0. The van der Waals surface area contributed by atoms with Crippen LogP contribution in [0, 0.1) is 0 Å². The number of nitrogens with zero attached hydrogens (tertiary/aromatic N) is 1. The van der Waals surface area contributed by atoms with Gasteiger partial charge >= 0.3 is 5.97 Å². The second-order valence-corrected chi connectivity index (χ2v) is 4.69. The second-order valence-electron chi connectivity index (χ2n) is 4.69. The smallest absolute Gasteiger partial charge is 0.327 e. The Morgan fingerprint density at radius 1 is 1.39 bits per heavy atom. The molecule has 0 rings (SSSR count). The van der Waals surface area contributed by atoms with Crippen LogP contribution in [-0.2, 0) is 14.3 Å². The van der Waals surface area contributed by atoms with E-state index in [1.807, 2.05) is 20.9 Å². The molecule has 108 valence electrons. The number of carbonyl (C=O) groups is 1. The minimum atomic E-state index is -0.661. The highest BCUT2D eigenvalue weighted by atomic mass is 16.5. The van der Waals surface area contributed by atoms with Crippen molar-refractivity contribution >= 4 is 5.97 Å². The van der Waals surface area contributed by atoms with Gasteiger partial charge in [0.1, 0.15) is 5.54 Å². The SMILES string of the molecule is CCCNC(C)(CN(C)CCOCC)C(=O)OC. The van der Waals surface area contributed by atoms with E-state index in [-0.39, 0.29) is 5.97 Å². The molecular formula is C13H28N2O3. The van der Waals surface area contributed by atoms with E-state index in [0.29, 0.717) is 13.2 Å². The summed E-state index contributed by atoms with van der Waals surface area (Å²) < 4.78 is 10.2. The van der Waals surface area contributed by atoms with Crippen LogP contribution in [0.5, 0.6) is 0 Å². The Morgan fingerprint density at radius 2 is 2.06 bits per heavy atom. The Hall–Kier alpha value is -0.650. The summed E-state index contributed by atoms with van der Waals surface area (Å²) in [5, 5.41) is 3.26. The fourth-order valence-electron chi connectivity index (χ4n) is 1.80. The monoisotopic (exact) mass is 260 g/mol. The summed E-state index contributed by atoms with van der Waals surface area (Å²) in [6.07, 6.45) is 0.981. The third-order valence-corrected chi connectivity index (χ3v) is 2.81. The van der Waals surface area contributed by atoms with Gasteiger partial charge in [-0.3, -0.25) is 4.79 Å². The van der Waals surface area contributed by atoms with Gasteiger partial charge in [0.15, 0.2) is 0 Å². The van der Waals surface area contributed by atoms with Crippen molar-refractivity contribution in [2.24, 2.45) is 0 Å². The highest BCUT2D eigenvalue weighted by Crippen LogP contribution is 2.08. The normalized spacial score (nSPS) is 14.6. The molecule has 0 aliphatic heterocycles. The van der Waals surface area contributed by atoms with E-state index in [1.54, 1.807) is 0 Å². The number of rotatable bonds is 10. The first kappa shape index (κ1) is 17.4. The molecule has 1 unspecified atom stereocenters.